The fraction of sp³-hybridized carbons (Fsp3) is 0.815. The van der Waals surface area contributed by atoms with Crippen LogP contribution in [0.3, 0.4) is 0 Å². The van der Waals surface area contributed by atoms with E-state index in [1.165, 1.54) is 4.90 Å². The lowest BCUT2D eigenvalue weighted by Gasteiger charge is -2.38. The zero-order chi connectivity index (χ0) is 30.0. The minimum absolute atomic E-state index is 0.0152. The summed E-state index contributed by atoms with van der Waals surface area (Å²) in [5, 5.41) is 7.12. The van der Waals surface area contributed by atoms with E-state index in [1.54, 1.807) is 20.8 Å². The number of hydrogen-bond donors (Lipinski definition) is 4. The third kappa shape index (κ3) is 5.52. The van der Waals surface area contributed by atoms with E-state index in [0.717, 1.165) is 19.3 Å². The quantitative estimate of drug-likeness (QED) is 0.312. The summed E-state index contributed by atoms with van der Waals surface area (Å²) < 4.78 is 40.2. The van der Waals surface area contributed by atoms with Crippen molar-refractivity contribution in [2.75, 3.05) is 6.54 Å². The fourth-order valence-corrected chi connectivity index (χ4v) is 6.34. The predicted octanol–water partition coefficient (Wildman–Crippen LogP) is 2.01. The van der Waals surface area contributed by atoms with Crippen LogP contribution in [0.4, 0.5) is 18.0 Å². The van der Waals surface area contributed by atoms with E-state index in [0.29, 0.717) is 0 Å². The second kappa shape index (κ2) is 9.90. The molecule has 4 aliphatic rings. The molecule has 0 radical (unpaired) electrons. The standard InChI is InChI=1S/C27H40F3N5O5/c1-24(2,3)19(33-23(40)34-26(9-10-26)27(28,29)30)22(39)35-12-14-16(25(14,4)5)17(35)21(38)32-15(18(36)20(31)37)11-13-7-6-8-13/h13-17,19H,6-12H2,1-5H3,(H2,31,37)(H,32,38)(H2,33,34,40)/t14?,15?,16?,17-,19+/m0/s1. The van der Waals surface area contributed by atoms with Gasteiger partial charge in [-0.1, -0.05) is 53.9 Å². The first-order valence-corrected chi connectivity index (χ1v) is 13.9. The van der Waals surface area contributed by atoms with E-state index >= 15 is 0 Å². The number of nitrogens with two attached hydrogens (primary N) is 1. The molecular formula is C27H40F3N5O5. The van der Waals surface area contributed by atoms with Crippen molar-refractivity contribution in [3.8, 4) is 0 Å². The average molecular weight is 572 g/mol. The number of rotatable bonds is 9. The number of alkyl halides is 3. The van der Waals surface area contributed by atoms with Crippen molar-refractivity contribution in [3.05, 3.63) is 0 Å². The van der Waals surface area contributed by atoms with Crippen LogP contribution in [0.2, 0.25) is 0 Å². The molecule has 4 rings (SSSR count). The summed E-state index contributed by atoms with van der Waals surface area (Å²) in [5.74, 6) is -3.29. The van der Waals surface area contributed by atoms with E-state index in [2.05, 4.69) is 10.6 Å². The normalized spacial score (nSPS) is 27.9. The summed E-state index contributed by atoms with van der Waals surface area (Å²) in [6.45, 7) is 9.18. The van der Waals surface area contributed by atoms with Crippen molar-refractivity contribution >= 4 is 29.5 Å². The Labute approximate surface area is 231 Å². The molecule has 1 heterocycles. The first kappa shape index (κ1) is 30.1. The highest BCUT2D eigenvalue weighted by atomic mass is 19.4. The highest BCUT2D eigenvalue weighted by Crippen LogP contribution is 2.65. The van der Waals surface area contributed by atoms with Gasteiger partial charge in [-0.15, -0.1) is 0 Å². The molecule has 5 N–H and O–H groups in total. The molecule has 1 saturated heterocycles. The summed E-state index contributed by atoms with van der Waals surface area (Å²) >= 11 is 0. The number of ketones is 1. The third-order valence-corrected chi connectivity index (χ3v) is 9.46. The molecule has 0 aromatic heterocycles. The third-order valence-electron chi connectivity index (χ3n) is 9.46. The van der Waals surface area contributed by atoms with Crippen molar-refractivity contribution in [1.29, 1.82) is 0 Å². The van der Waals surface area contributed by atoms with Gasteiger partial charge < -0.3 is 26.6 Å². The fourth-order valence-electron chi connectivity index (χ4n) is 6.34. The van der Waals surface area contributed by atoms with Crippen molar-refractivity contribution in [2.45, 2.75) is 103 Å². The molecule has 0 aromatic rings. The number of likely N-dealkylation sites (tertiary alicyclic amines) is 1. The molecule has 5 amide bonds. The number of piperidine rings is 1. The lowest BCUT2D eigenvalue weighted by molar-refractivity contribution is -0.162. The second-order valence-corrected chi connectivity index (χ2v) is 13.7. The van der Waals surface area contributed by atoms with Crippen LogP contribution in [0.15, 0.2) is 0 Å². The number of nitrogens with zero attached hydrogens (tertiary/aromatic N) is 1. The minimum atomic E-state index is -4.62. The van der Waals surface area contributed by atoms with Crippen LogP contribution < -0.4 is 21.7 Å². The zero-order valence-electron chi connectivity index (χ0n) is 23.6. The molecule has 224 valence electrons. The zero-order valence-corrected chi connectivity index (χ0v) is 23.6. The Balaban J connectivity index is 1.53. The average Bonchev–Trinajstić information content (AvgIpc) is 3.61. The monoisotopic (exact) mass is 571 g/mol. The van der Waals surface area contributed by atoms with Crippen LogP contribution in [0.5, 0.6) is 0 Å². The SMILES string of the molecule is CC1(C)C2CN(C(=O)[C@@H](NC(=O)NC3(C(F)(F)F)CC3)C(C)(C)C)[C@H](C(=O)NC(CC3CCC3)C(=O)C(N)=O)C21. The number of amides is 5. The van der Waals surface area contributed by atoms with Gasteiger partial charge in [-0.05, 0) is 47.8 Å². The summed E-state index contributed by atoms with van der Waals surface area (Å²) in [7, 11) is 0. The number of carbonyl (C=O) groups is 5. The minimum Gasteiger partial charge on any atom is -0.363 e. The van der Waals surface area contributed by atoms with Crippen LogP contribution in [0.25, 0.3) is 0 Å². The Morgan fingerprint density at radius 3 is 2.08 bits per heavy atom. The van der Waals surface area contributed by atoms with Crippen molar-refractivity contribution in [1.82, 2.24) is 20.9 Å². The molecular weight excluding hydrogens is 531 g/mol. The van der Waals surface area contributed by atoms with Crippen LogP contribution in [-0.2, 0) is 19.2 Å². The number of fused-ring (bicyclic) bond motifs is 1. The van der Waals surface area contributed by atoms with Gasteiger partial charge in [-0.25, -0.2) is 4.79 Å². The maximum absolute atomic E-state index is 13.9. The van der Waals surface area contributed by atoms with Gasteiger partial charge >= 0.3 is 12.2 Å². The number of carbonyl (C=O) groups excluding carboxylic acids is 5. The van der Waals surface area contributed by atoms with E-state index in [-0.39, 0.29) is 49.0 Å². The molecule has 4 fully saturated rings. The first-order chi connectivity index (χ1) is 18.3. The number of Topliss-reactive ketones (excluding diaryl/α,β-unsaturated/α-hetero) is 1. The van der Waals surface area contributed by atoms with E-state index in [4.69, 9.17) is 5.73 Å². The number of primary amides is 1. The highest BCUT2D eigenvalue weighted by Gasteiger charge is 2.70. The van der Waals surface area contributed by atoms with Gasteiger partial charge in [0.1, 0.15) is 17.6 Å². The van der Waals surface area contributed by atoms with Crippen LogP contribution >= 0.6 is 0 Å². The van der Waals surface area contributed by atoms with Crippen molar-refractivity contribution in [2.24, 2.45) is 34.3 Å². The van der Waals surface area contributed by atoms with Crippen molar-refractivity contribution in [3.63, 3.8) is 0 Å². The Kier molecular flexibility index (Phi) is 7.45. The lowest BCUT2D eigenvalue weighted by atomic mass is 9.80. The number of nitrogens with one attached hydrogen (secondary N) is 3. The Hall–Kier alpha value is -2.86. The molecule has 0 spiro atoms. The summed E-state index contributed by atoms with van der Waals surface area (Å²) in [5.41, 5.74) is 1.78. The van der Waals surface area contributed by atoms with Crippen LogP contribution in [0, 0.1) is 28.6 Å². The van der Waals surface area contributed by atoms with E-state index in [9.17, 15) is 37.1 Å². The number of halogens is 3. The maximum atomic E-state index is 13.9. The summed E-state index contributed by atoms with van der Waals surface area (Å²) in [6, 6.07) is -4.42. The molecule has 40 heavy (non-hydrogen) atoms. The van der Waals surface area contributed by atoms with Gasteiger partial charge in [0.15, 0.2) is 0 Å². The van der Waals surface area contributed by atoms with Crippen LogP contribution in [0.1, 0.15) is 73.1 Å². The Bertz CT molecular complexity index is 1090. The maximum Gasteiger partial charge on any atom is 0.411 e. The molecule has 5 atom stereocenters. The number of hydrogen-bond acceptors (Lipinski definition) is 5. The predicted molar refractivity (Wildman–Crippen MR) is 137 cm³/mol. The topological polar surface area (TPSA) is 151 Å². The molecule has 3 unspecified atom stereocenters. The highest BCUT2D eigenvalue weighted by molar-refractivity contribution is 6.37. The molecule has 1 aliphatic heterocycles. The van der Waals surface area contributed by atoms with E-state index in [1.807, 2.05) is 19.2 Å². The lowest BCUT2D eigenvalue weighted by Crippen LogP contribution is -2.62. The Morgan fingerprint density at radius 1 is 1.02 bits per heavy atom. The molecule has 0 aromatic carbocycles. The summed E-state index contributed by atoms with van der Waals surface area (Å²) in [4.78, 5) is 65.9. The van der Waals surface area contributed by atoms with Crippen molar-refractivity contribution < 1.29 is 37.1 Å². The first-order valence-electron chi connectivity index (χ1n) is 13.9. The molecule has 10 nitrogen and oxygen atoms in total. The van der Waals surface area contributed by atoms with Gasteiger partial charge in [0.05, 0.1) is 6.04 Å². The largest absolute Gasteiger partial charge is 0.411 e. The molecule has 3 aliphatic carbocycles. The van der Waals surface area contributed by atoms with Gasteiger partial charge in [0, 0.05) is 6.54 Å². The smallest absolute Gasteiger partial charge is 0.363 e. The second-order valence-electron chi connectivity index (χ2n) is 13.7. The molecule has 0 bridgehead atoms. The van der Waals surface area contributed by atoms with Crippen LogP contribution in [-0.4, -0.2) is 70.8 Å². The van der Waals surface area contributed by atoms with Gasteiger partial charge in [0.25, 0.3) is 5.91 Å². The van der Waals surface area contributed by atoms with Gasteiger partial charge in [0.2, 0.25) is 17.6 Å². The Morgan fingerprint density at radius 2 is 1.62 bits per heavy atom. The van der Waals surface area contributed by atoms with Gasteiger partial charge in [-0.2, -0.15) is 13.2 Å². The number of urea groups is 1. The summed E-state index contributed by atoms with van der Waals surface area (Å²) in [6.07, 6.45) is -2.07. The molecule has 3 saturated carbocycles. The molecule has 13 heteroatoms. The van der Waals surface area contributed by atoms with Gasteiger partial charge in [-0.3, -0.25) is 19.2 Å². The van der Waals surface area contributed by atoms with E-state index < -0.39 is 64.8 Å².